The van der Waals surface area contributed by atoms with Crippen LogP contribution in [0.15, 0.2) is 6.07 Å². The molecular weight excluding hydrogens is 216 g/mol. The quantitative estimate of drug-likeness (QED) is 0.828. The fourth-order valence-electron chi connectivity index (χ4n) is 1.94. The van der Waals surface area contributed by atoms with Gasteiger partial charge in [0.2, 0.25) is 0 Å². The van der Waals surface area contributed by atoms with E-state index in [4.69, 9.17) is 10.5 Å². The Kier molecular flexibility index (Phi) is 2.50. The Morgan fingerprint density at radius 1 is 1.50 bits per heavy atom. The zero-order valence-electron chi connectivity index (χ0n) is 8.89. The second kappa shape index (κ2) is 3.59. The summed E-state index contributed by atoms with van der Waals surface area (Å²) in [5.41, 5.74) is 4.87. The lowest BCUT2D eigenvalue weighted by atomic mass is 9.94. The predicted molar refractivity (Wildman–Crippen MR) is 54.5 cm³/mol. The molecule has 1 saturated carbocycles. The van der Waals surface area contributed by atoms with E-state index in [9.17, 15) is 13.9 Å². The average molecular weight is 229 g/mol. The van der Waals surface area contributed by atoms with Crippen molar-refractivity contribution in [2.75, 3.05) is 13.7 Å². The number of nitrogens with two attached hydrogens (primary N) is 1. The maximum Gasteiger partial charge on any atom is 0.166 e. The first-order chi connectivity index (χ1) is 7.55. The van der Waals surface area contributed by atoms with Crippen molar-refractivity contribution in [3.63, 3.8) is 0 Å². The lowest BCUT2D eigenvalue weighted by Crippen LogP contribution is -2.22. The number of phenols is 1. The molecule has 1 fully saturated rings. The number of phenolic OH excluding ortho intramolecular Hbond substituents is 1. The first-order valence-electron chi connectivity index (χ1n) is 5.01. The highest BCUT2D eigenvalue weighted by Gasteiger charge is 2.48. The van der Waals surface area contributed by atoms with Gasteiger partial charge in [-0.25, -0.2) is 8.78 Å². The van der Waals surface area contributed by atoms with Gasteiger partial charge in [-0.3, -0.25) is 0 Å². The van der Waals surface area contributed by atoms with Crippen LogP contribution in [0.2, 0.25) is 0 Å². The standard InChI is InChI=1S/C11H13F2NO2/c1-16-7-4-6(12)9(13)8(10(7)15)11(5-14)2-3-11/h4,15H,2-3,5,14H2,1H3. The molecular formula is C11H13F2NO2. The first kappa shape index (κ1) is 11.1. The van der Waals surface area contributed by atoms with Crippen molar-refractivity contribution in [2.45, 2.75) is 18.3 Å². The van der Waals surface area contributed by atoms with Crippen molar-refractivity contribution in [3.05, 3.63) is 23.3 Å². The summed E-state index contributed by atoms with van der Waals surface area (Å²) >= 11 is 0. The molecule has 0 aromatic heterocycles. The van der Waals surface area contributed by atoms with Crippen LogP contribution in [-0.2, 0) is 5.41 Å². The smallest absolute Gasteiger partial charge is 0.166 e. The SMILES string of the molecule is COc1cc(F)c(F)c(C2(CN)CC2)c1O. The second-order valence-electron chi connectivity index (χ2n) is 4.08. The number of methoxy groups -OCH3 is 1. The van der Waals surface area contributed by atoms with Gasteiger partial charge in [-0.05, 0) is 12.8 Å². The topological polar surface area (TPSA) is 55.5 Å². The molecule has 0 heterocycles. The molecule has 0 atom stereocenters. The maximum absolute atomic E-state index is 13.7. The normalized spacial score (nSPS) is 17.2. The average Bonchev–Trinajstić information content (AvgIpc) is 3.05. The number of halogens is 2. The van der Waals surface area contributed by atoms with E-state index >= 15 is 0 Å². The highest BCUT2D eigenvalue weighted by atomic mass is 19.2. The number of hydrogen-bond acceptors (Lipinski definition) is 3. The monoisotopic (exact) mass is 229 g/mol. The Morgan fingerprint density at radius 2 is 2.12 bits per heavy atom. The van der Waals surface area contributed by atoms with E-state index in [1.54, 1.807) is 0 Å². The van der Waals surface area contributed by atoms with Crippen molar-refractivity contribution in [1.29, 1.82) is 0 Å². The predicted octanol–water partition coefficient (Wildman–Crippen LogP) is 1.67. The third-order valence-corrected chi connectivity index (χ3v) is 3.15. The van der Waals surface area contributed by atoms with E-state index < -0.39 is 17.0 Å². The van der Waals surface area contributed by atoms with Crippen molar-refractivity contribution < 1.29 is 18.6 Å². The summed E-state index contributed by atoms with van der Waals surface area (Å²) in [5, 5.41) is 9.81. The highest BCUT2D eigenvalue weighted by Crippen LogP contribution is 2.53. The third-order valence-electron chi connectivity index (χ3n) is 3.15. The van der Waals surface area contributed by atoms with E-state index in [-0.39, 0.29) is 23.6 Å². The molecule has 1 aromatic rings. The molecule has 88 valence electrons. The van der Waals surface area contributed by atoms with Gasteiger partial charge in [0.1, 0.15) is 0 Å². The summed E-state index contributed by atoms with van der Waals surface area (Å²) in [5.74, 6) is -2.46. The molecule has 3 nitrogen and oxygen atoms in total. The molecule has 0 bridgehead atoms. The second-order valence-corrected chi connectivity index (χ2v) is 4.08. The molecule has 1 aliphatic carbocycles. The van der Waals surface area contributed by atoms with Gasteiger partial charge < -0.3 is 15.6 Å². The first-order valence-corrected chi connectivity index (χ1v) is 5.01. The van der Waals surface area contributed by atoms with Crippen molar-refractivity contribution >= 4 is 0 Å². The molecule has 3 N–H and O–H groups in total. The third kappa shape index (κ3) is 1.43. The summed E-state index contributed by atoms with van der Waals surface area (Å²) < 4.78 is 31.7. The summed E-state index contributed by atoms with van der Waals surface area (Å²) in [6.45, 7) is 0.185. The fourth-order valence-corrected chi connectivity index (χ4v) is 1.94. The molecule has 1 aliphatic rings. The molecule has 0 radical (unpaired) electrons. The Balaban J connectivity index is 2.63. The van der Waals surface area contributed by atoms with Crippen LogP contribution in [0.25, 0.3) is 0 Å². The number of benzene rings is 1. The van der Waals surface area contributed by atoms with Crippen molar-refractivity contribution in [1.82, 2.24) is 0 Å². The molecule has 0 saturated heterocycles. The van der Waals surface area contributed by atoms with E-state index in [1.165, 1.54) is 7.11 Å². The van der Waals surface area contributed by atoms with Gasteiger partial charge in [-0.1, -0.05) is 0 Å². The summed E-state index contributed by atoms with van der Waals surface area (Å²) in [7, 11) is 1.29. The summed E-state index contributed by atoms with van der Waals surface area (Å²) in [4.78, 5) is 0. The molecule has 0 unspecified atom stereocenters. The minimum atomic E-state index is -1.03. The van der Waals surface area contributed by atoms with E-state index in [0.29, 0.717) is 12.8 Å². The van der Waals surface area contributed by atoms with Crippen LogP contribution in [0.4, 0.5) is 8.78 Å². The zero-order chi connectivity index (χ0) is 11.9. The van der Waals surface area contributed by atoms with E-state index in [1.807, 2.05) is 0 Å². The largest absolute Gasteiger partial charge is 0.504 e. The van der Waals surface area contributed by atoms with Gasteiger partial charge in [-0.15, -0.1) is 0 Å². The molecule has 5 heteroatoms. The number of aromatic hydroxyl groups is 1. The van der Waals surface area contributed by atoms with Crippen LogP contribution < -0.4 is 10.5 Å². The van der Waals surface area contributed by atoms with Crippen LogP contribution >= 0.6 is 0 Å². The van der Waals surface area contributed by atoms with Crippen LogP contribution in [0.1, 0.15) is 18.4 Å². The van der Waals surface area contributed by atoms with Crippen LogP contribution in [-0.4, -0.2) is 18.8 Å². The van der Waals surface area contributed by atoms with E-state index in [2.05, 4.69) is 0 Å². The summed E-state index contributed by atoms with van der Waals surface area (Å²) in [6.07, 6.45) is 1.31. The summed E-state index contributed by atoms with van der Waals surface area (Å²) in [6, 6.07) is 0.834. The number of hydrogen-bond donors (Lipinski definition) is 2. The minimum Gasteiger partial charge on any atom is -0.504 e. The zero-order valence-corrected chi connectivity index (χ0v) is 8.89. The molecule has 16 heavy (non-hydrogen) atoms. The molecule has 2 rings (SSSR count). The number of ether oxygens (including phenoxy) is 1. The minimum absolute atomic E-state index is 0.0492. The molecule has 0 amide bonds. The lowest BCUT2D eigenvalue weighted by molar-refractivity contribution is 0.354. The Hall–Kier alpha value is -1.36. The van der Waals surface area contributed by atoms with Gasteiger partial charge in [0.15, 0.2) is 23.1 Å². The molecule has 1 aromatic carbocycles. The van der Waals surface area contributed by atoms with Gasteiger partial charge >= 0.3 is 0 Å². The lowest BCUT2D eigenvalue weighted by Gasteiger charge is -2.17. The van der Waals surface area contributed by atoms with Crippen molar-refractivity contribution in [2.24, 2.45) is 5.73 Å². The van der Waals surface area contributed by atoms with Gasteiger partial charge in [0, 0.05) is 23.6 Å². The maximum atomic E-state index is 13.7. The molecule has 0 spiro atoms. The van der Waals surface area contributed by atoms with Crippen LogP contribution in [0.3, 0.4) is 0 Å². The highest BCUT2D eigenvalue weighted by molar-refractivity contribution is 5.52. The fraction of sp³-hybridized carbons (Fsp3) is 0.455. The Morgan fingerprint density at radius 3 is 2.56 bits per heavy atom. The molecule has 0 aliphatic heterocycles. The Labute approximate surface area is 91.8 Å². The van der Waals surface area contributed by atoms with Crippen LogP contribution in [0.5, 0.6) is 11.5 Å². The Bertz CT molecular complexity index is 430. The van der Waals surface area contributed by atoms with Crippen molar-refractivity contribution in [3.8, 4) is 11.5 Å². The van der Waals surface area contributed by atoms with E-state index in [0.717, 1.165) is 6.07 Å². The van der Waals surface area contributed by atoms with Crippen LogP contribution in [0, 0.1) is 11.6 Å². The van der Waals surface area contributed by atoms with Gasteiger partial charge in [0.05, 0.1) is 7.11 Å². The van der Waals surface area contributed by atoms with Gasteiger partial charge in [0.25, 0.3) is 0 Å². The number of rotatable bonds is 3. The van der Waals surface area contributed by atoms with Gasteiger partial charge in [-0.2, -0.15) is 0 Å².